The molecule has 2 aliphatic rings. The highest BCUT2D eigenvalue weighted by molar-refractivity contribution is 5.89. The van der Waals surface area contributed by atoms with Crippen molar-refractivity contribution in [3.63, 3.8) is 0 Å². The van der Waals surface area contributed by atoms with Crippen LogP contribution in [0, 0.1) is 0 Å². The molecule has 0 radical (unpaired) electrons. The molecule has 2 amide bonds. The average molecular weight is 348 g/mol. The van der Waals surface area contributed by atoms with E-state index in [0.717, 1.165) is 44.8 Å². The first-order valence-electron chi connectivity index (χ1n) is 9.26. The molecule has 0 spiro atoms. The molecule has 0 bridgehead atoms. The van der Waals surface area contributed by atoms with E-state index in [1.807, 2.05) is 12.1 Å². The molecule has 3 heterocycles. The molecule has 7 heteroatoms. The number of amides is 2. The topological polar surface area (TPSA) is 75.7 Å². The number of nitrogens with zero attached hydrogens (tertiary/aromatic N) is 2. The van der Waals surface area contributed by atoms with Gasteiger partial charge in [0.25, 0.3) is 0 Å². The van der Waals surface area contributed by atoms with E-state index in [-0.39, 0.29) is 12.1 Å². The molecule has 3 rings (SSSR count). The zero-order valence-electron chi connectivity index (χ0n) is 14.7. The van der Waals surface area contributed by atoms with Crippen molar-refractivity contribution in [3.8, 4) is 0 Å². The van der Waals surface area contributed by atoms with Crippen molar-refractivity contribution in [2.24, 2.45) is 0 Å². The van der Waals surface area contributed by atoms with Crippen molar-refractivity contribution in [1.29, 1.82) is 0 Å². The first-order valence-corrected chi connectivity index (χ1v) is 9.26. The Balaban J connectivity index is 1.27. The zero-order chi connectivity index (χ0) is 17.3. The van der Waals surface area contributed by atoms with Gasteiger partial charge in [-0.1, -0.05) is 0 Å². The predicted octanol–water partition coefficient (Wildman–Crippen LogP) is 2.39. The minimum atomic E-state index is -0.213. The third kappa shape index (κ3) is 5.86. The summed E-state index contributed by atoms with van der Waals surface area (Å²) in [5.41, 5.74) is 0.704. The van der Waals surface area contributed by atoms with Crippen molar-refractivity contribution in [1.82, 2.24) is 10.3 Å². The number of anilines is 2. The molecular formula is C18H28N4O3. The molecule has 0 aromatic carbocycles. The first-order chi connectivity index (χ1) is 12.3. The van der Waals surface area contributed by atoms with Gasteiger partial charge in [-0.3, -0.25) is 0 Å². The fourth-order valence-electron chi connectivity index (χ4n) is 3.14. The van der Waals surface area contributed by atoms with Gasteiger partial charge in [0.15, 0.2) is 0 Å². The Morgan fingerprint density at radius 3 is 2.92 bits per heavy atom. The van der Waals surface area contributed by atoms with Gasteiger partial charge < -0.3 is 25.0 Å². The SMILES string of the molecule is O=C(NCCCOC[C@@H]1CCCO1)Nc1ccc(N2CCCC2)nc1. The standard InChI is InChI=1S/C18H28N4O3/c23-18(19-8-4-11-24-14-16-5-3-12-25-16)21-15-6-7-17(20-13-15)22-9-1-2-10-22/h6-7,13,16H,1-5,8-12,14H2,(H2,19,21,23)/t16-/m0/s1. The quantitative estimate of drug-likeness (QED) is 0.706. The van der Waals surface area contributed by atoms with E-state index in [0.29, 0.717) is 25.4 Å². The summed E-state index contributed by atoms with van der Waals surface area (Å²) in [4.78, 5) is 18.6. The van der Waals surface area contributed by atoms with Crippen molar-refractivity contribution in [2.45, 2.75) is 38.2 Å². The highest BCUT2D eigenvalue weighted by Gasteiger charge is 2.15. The molecule has 2 N–H and O–H groups in total. The van der Waals surface area contributed by atoms with Crippen LogP contribution >= 0.6 is 0 Å². The lowest BCUT2D eigenvalue weighted by Crippen LogP contribution is -2.30. The summed E-state index contributed by atoms with van der Waals surface area (Å²) < 4.78 is 11.1. The molecule has 25 heavy (non-hydrogen) atoms. The Morgan fingerprint density at radius 2 is 2.20 bits per heavy atom. The van der Waals surface area contributed by atoms with Gasteiger partial charge in [0.2, 0.25) is 0 Å². The van der Waals surface area contributed by atoms with Gasteiger partial charge in [-0.15, -0.1) is 0 Å². The Morgan fingerprint density at radius 1 is 1.32 bits per heavy atom. The summed E-state index contributed by atoms with van der Waals surface area (Å²) in [7, 11) is 0. The molecule has 7 nitrogen and oxygen atoms in total. The van der Waals surface area contributed by atoms with Crippen LogP contribution in [-0.4, -0.2) is 56.6 Å². The number of nitrogens with one attached hydrogen (secondary N) is 2. The van der Waals surface area contributed by atoms with Gasteiger partial charge >= 0.3 is 6.03 Å². The summed E-state index contributed by atoms with van der Waals surface area (Å²) in [6, 6.07) is 3.64. The van der Waals surface area contributed by atoms with E-state index < -0.39 is 0 Å². The van der Waals surface area contributed by atoms with E-state index in [1.165, 1.54) is 12.8 Å². The maximum absolute atomic E-state index is 11.9. The Labute approximate surface area is 149 Å². The summed E-state index contributed by atoms with van der Waals surface area (Å²) in [5, 5.41) is 5.63. The van der Waals surface area contributed by atoms with Crippen LogP contribution in [0.5, 0.6) is 0 Å². The lowest BCUT2D eigenvalue weighted by atomic mass is 10.2. The number of pyridine rings is 1. The molecule has 1 atom stereocenters. The van der Waals surface area contributed by atoms with Gasteiger partial charge in [-0.2, -0.15) is 0 Å². The van der Waals surface area contributed by atoms with Crippen molar-refractivity contribution in [2.75, 3.05) is 49.7 Å². The number of rotatable bonds is 8. The number of aromatic nitrogens is 1. The Bertz CT molecular complexity index is 526. The maximum atomic E-state index is 11.9. The van der Waals surface area contributed by atoms with E-state index >= 15 is 0 Å². The molecule has 0 saturated carbocycles. The molecule has 1 aromatic rings. The van der Waals surface area contributed by atoms with Crippen LogP contribution < -0.4 is 15.5 Å². The molecule has 2 fully saturated rings. The van der Waals surface area contributed by atoms with E-state index in [4.69, 9.17) is 9.47 Å². The fourth-order valence-corrected chi connectivity index (χ4v) is 3.14. The summed E-state index contributed by atoms with van der Waals surface area (Å²) in [5.74, 6) is 0.979. The van der Waals surface area contributed by atoms with E-state index in [9.17, 15) is 4.79 Å². The molecular weight excluding hydrogens is 320 g/mol. The minimum absolute atomic E-state index is 0.213. The molecule has 0 aliphatic carbocycles. The van der Waals surface area contributed by atoms with Crippen LogP contribution in [0.25, 0.3) is 0 Å². The van der Waals surface area contributed by atoms with E-state index in [1.54, 1.807) is 6.20 Å². The largest absolute Gasteiger partial charge is 0.379 e. The van der Waals surface area contributed by atoms with Crippen LogP contribution in [0.15, 0.2) is 18.3 Å². The molecule has 138 valence electrons. The number of urea groups is 1. The number of carbonyl (C=O) groups is 1. The van der Waals surface area contributed by atoms with Crippen molar-refractivity contribution in [3.05, 3.63) is 18.3 Å². The summed E-state index contributed by atoms with van der Waals surface area (Å²) in [6.07, 6.45) is 7.41. The van der Waals surface area contributed by atoms with Crippen LogP contribution in [0.1, 0.15) is 32.1 Å². The molecule has 2 aliphatic heterocycles. The lowest BCUT2D eigenvalue weighted by Gasteiger charge is -2.16. The number of hydrogen-bond acceptors (Lipinski definition) is 5. The third-order valence-corrected chi connectivity index (χ3v) is 4.51. The van der Waals surface area contributed by atoms with Gasteiger partial charge in [-0.25, -0.2) is 9.78 Å². The maximum Gasteiger partial charge on any atom is 0.319 e. The fraction of sp³-hybridized carbons (Fsp3) is 0.667. The number of carbonyl (C=O) groups excluding carboxylic acids is 1. The van der Waals surface area contributed by atoms with Crippen molar-refractivity contribution < 1.29 is 14.3 Å². The smallest absolute Gasteiger partial charge is 0.319 e. The van der Waals surface area contributed by atoms with Gasteiger partial charge in [0.1, 0.15) is 5.82 Å². The lowest BCUT2D eigenvalue weighted by molar-refractivity contribution is 0.0168. The second kappa shape index (κ2) is 9.58. The average Bonchev–Trinajstić information content (AvgIpc) is 3.32. The van der Waals surface area contributed by atoms with Crippen LogP contribution in [-0.2, 0) is 9.47 Å². The van der Waals surface area contributed by atoms with Crippen LogP contribution in [0.3, 0.4) is 0 Å². The Hall–Kier alpha value is -1.86. The minimum Gasteiger partial charge on any atom is -0.379 e. The van der Waals surface area contributed by atoms with Crippen molar-refractivity contribution >= 4 is 17.5 Å². The number of ether oxygens (including phenoxy) is 2. The summed E-state index contributed by atoms with van der Waals surface area (Å²) in [6.45, 7) is 4.85. The first kappa shape index (κ1) is 17.9. The molecule has 1 aromatic heterocycles. The van der Waals surface area contributed by atoms with Gasteiger partial charge in [0, 0.05) is 32.8 Å². The second-order valence-electron chi connectivity index (χ2n) is 6.54. The highest BCUT2D eigenvalue weighted by atomic mass is 16.5. The molecule has 0 unspecified atom stereocenters. The zero-order valence-corrected chi connectivity index (χ0v) is 14.7. The predicted molar refractivity (Wildman–Crippen MR) is 97.1 cm³/mol. The monoisotopic (exact) mass is 348 g/mol. The van der Waals surface area contributed by atoms with Crippen LogP contribution in [0.4, 0.5) is 16.3 Å². The second-order valence-corrected chi connectivity index (χ2v) is 6.54. The molecule has 2 saturated heterocycles. The van der Waals surface area contributed by atoms with Gasteiger partial charge in [0.05, 0.1) is 24.6 Å². The normalized spacial score (nSPS) is 20.0. The van der Waals surface area contributed by atoms with Crippen LogP contribution in [0.2, 0.25) is 0 Å². The number of hydrogen-bond donors (Lipinski definition) is 2. The van der Waals surface area contributed by atoms with Gasteiger partial charge in [-0.05, 0) is 44.2 Å². The van der Waals surface area contributed by atoms with E-state index in [2.05, 4.69) is 20.5 Å². The highest BCUT2D eigenvalue weighted by Crippen LogP contribution is 2.19. The Kier molecular flexibility index (Phi) is 6.88. The third-order valence-electron chi connectivity index (χ3n) is 4.51. The summed E-state index contributed by atoms with van der Waals surface area (Å²) >= 11 is 0.